The number of anilines is 1. The molecule has 0 aromatic carbocycles. The van der Waals surface area contributed by atoms with Crippen LogP contribution in [0.15, 0.2) is 41.1 Å². The second-order valence-corrected chi connectivity index (χ2v) is 5.64. The number of hydrogen-bond acceptors (Lipinski definition) is 4. The Morgan fingerprint density at radius 2 is 2.24 bits per heavy atom. The summed E-state index contributed by atoms with van der Waals surface area (Å²) in [7, 11) is 0. The highest BCUT2D eigenvalue weighted by molar-refractivity contribution is 5.42. The molecule has 1 fully saturated rings. The molecule has 3 rings (SSSR count). The summed E-state index contributed by atoms with van der Waals surface area (Å²) in [5.74, 6) is 2.05. The standard InChI is InChI=1S/C17H23N3O/c1-2-9-18-11-14-5-8-17(19-12-14)20(15-6-7-15)13-16-4-3-10-21-16/h3-5,8,10,12,15,18H,2,6-7,9,11,13H2,1H3. The van der Waals surface area contributed by atoms with Crippen LogP contribution in [-0.4, -0.2) is 17.6 Å². The van der Waals surface area contributed by atoms with Crippen LogP contribution in [0, 0.1) is 0 Å². The van der Waals surface area contributed by atoms with E-state index in [1.807, 2.05) is 18.3 Å². The Balaban J connectivity index is 1.65. The van der Waals surface area contributed by atoms with Crippen molar-refractivity contribution in [2.75, 3.05) is 11.4 Å². The average Bonchev–Trinajstić information content (AvgIpc) is 3.23. The van der Waals surface area contributed by atoms with E-state index in [0.717, 1.165) is 37.6 Å². The zero-order valence-electron chi connectivity index (χ0n) is 12.6. The molecule has 0 saturated heterocycles. The summed E-state index contributed by atoms with van der Waals surface area (Å²) in [6, 6.07) is 8.88. The van der Waals surface area contributed by atoms with E-state index in [1.165, 1.54) is 18.4 Å². The fourth-order valence-corrected chi connectivity index (χ4v) is 2.45. The molecule has 4 heteroatoms. The zero-order chi connectivity index (χ0) is 14.5. The first kappa shape index (κ1) is 14.1. The molecule has 0 unspecified atom stereocenters. The zero-order valence-corrected chi connectivity index (χ0v) is 12.6. The van der Waals surface area contributed by atoms with Gasteiger partial charge < -0.3 is 14.6 Å². The van der Waals surface area contributed by atoms with Gasteiger partial charge in [0.05, 0.1) is 12.8 Å². The molecule has 2 aromatic rings. The van der Waals surface area contributed by atoms with Gasteiger partial charge in [0.25, 0.3) is 0 Å². The van der Waals surface area contributed by atoms with E-state index >= 15 is 0 Å². The van der Waals surface area contributed by atoms with Crippen LogP contribution in [-0.2, 0) is 13.1 Å². The maximum Gasteiger partial charge on any atom is 0.129 e. The van der Waals surface area contributed by atoms with Crippen molar-refractivity contribution in [2.24, 2.45) is 0 Å². The van der Waals surface area contributed by atoms with Crippen LogP contribution in [0.2, 0.25) is 0 Å². The Kier molecular flexibility index (Phi) is 4.55. The fourth-order valence-electron chi connectivity index (χ4n) is 2.45. The molecule has 0 radical (unpaired) electrons. The predicted octanol–water partition coefficient (Wildman–Crippen LogP) is 3.34. The molecule has 0 bridgehead atoms. The summed E-state index contributed by atoms with van der Waals surface area (Å²) in [5, 5.41) is 3.40. The second kappa shape index (κ2) is 6.76. The van der Waals surface area contributed by atoms with Crippen molar-refractivity contribution in [3.63, 3.8) is 0 Å². The molecule has 1 N–H and O–H groups in total. The van der Waals surface area contributed by atoms with Gasteiger partial charge in [0.15, 0.2) is 0 Å². The lowest BCUT2D eigenvalue weighted by atomic mass is 10.2. The lowest BCUT2D eigenvalue weighted by Crippen LogP contribution is -2.25. The van der Waals surface area contributed by atoms with Crippen LogP contribution in [0.5, 0.6) is 0 Å². The maximum atomic E-state index is 5.47. The van der Waals surface area contributed by atoms with Crippen molar-refractivity contribution in [1.29, 1.82) is 0 Å². The van der Waals surface area contributed by atoms with Crippen LogP contribution in [0.1, 0.15) is 37.5 Å². The van der Waals surface area contributed by atoms with Crippen LogP contribution in [0.25, 0.3) is 0 Å². The molecule has 2 aromatic heterocycles. The molecule has 1 aliphatic carbocycles. The third-order valence-electron chi connectivity index (χ3n) is 3.75. The minimum Gasteiger partial charge on any atom is -0.467 e. The SMILES string of the molecule is CCCNCc1ccc(N(Cc2ccco2)C2CC2)nc1. The topological polar surface area (TPSA) is 41.3 Å². The molecule has 0 aliphatic heterocycles. The van der Waals surface area contributed by atoms with E-state index < -0.39 is 0 Å². The summed E-state index contributed by atoms with van der Waals surface area (Å²) < 4.78 is 5.47. The highest BCUT2D eigenvalue weighted by Gasteiger charge is 2.30. The van der Waals surface area contributed by atoms with E-state index in [2.05, 4.69) is 34.3 Å². The fraction of sp³-hybridized carbons (Fsp3) is 0.471. The first-order valence-electron chi connectivity index (χ1n) is 7.81. The third kappa shape index (κ3) is 3.85. The molecule has 112 valence electrons. The lowest BCUT2D eigenvalue weighted by Gasteiger charge is -2.22. The molecule has 0 spiro atoms. The van der Waals surface area contributed by atoms with E-state index in [1.54, 1.807) is 6.26 Å². The summed E-state index contributed by atoms with van der Waals surface area (Å²) >= 11 is 0. The summed E-state index contributed by atoms with van der Waals surface area (Å²) in [4.78, 5) is 6.99. The van der Waals surface area contributed by atoms with Crippen molar-refractivity contribution in [1.82, 2.24) is 10.3 Å². The number of hydrogen-bond donors (Lipinski definition) is 1. The van der Waals surface area contributed by atoms with E-state index in [-0.39, 0.29) is 0 Å². The minimum absolute atomic E-state index is 0.617. The van der Waals surface area contributed by atoms with Gasteiger partial charge in [0.1, 0.15) is 11.6 Å². The van der Waals surface area contributed by atoms with Gasteiger partial charge >= 0.3 is 0 Å². The van der Waals surface area contributed by atoms with E-state index in [9.17, 15) is 0 Å². The molecule has 0 atom stereocenters. The summed E-state index contributed by atoms with van der Waals surface area (Å²) in [6.45, 7) is 4.92. The number of nitrogens with zero attached hydrogens (tertiary/aromatic N) is 2. The number of pyridine rings is 1. The largest absolute Gasteiger partial charge is 0.467 e. The Hall–Kier alpha value is -1.81. The molecule has 1 aliphatic rings. The first-order chi connectivity index (χ1) is 10.4. The van der Waals surface area contributed by atoms with Gasteiger partial charge in [0, 0.05) is 18.8 Å². The van der Waals surface area contributed by atoms with Gasteiger partial charge in [-0.15, -0.1) is 0 Å². The van der Waals surface area contributed by atoms with Crippen molar-refractivity contribution in [3.05, 3.63) is 48.0 Å². The molecular formula is C17H23N3O. The Morgan fingerprint density at radius 3 is 2.86 bits per heavy atom. The summed E-state index contributed by atoms with van der Waals surface area (Å²) in [6.07, 6.45) is 7.38. The number of nitrogens with one attached hydrogen (secondary N) is 1. The molecule has 4 nitrogen and oxygen atoms in total. The average molecular weight is 285 g/mol. The number of furan rings is 1. The van der Waals surface area contributed by atoms with Gasteiger partial charge in [-0.05, 0) is 49.6 Å². The number of rotatable bonds is 8. The Morgan fingerprint density at radius 1 is 1.33 bits per heavy atom. The van der Waals surface area contributed by atoms with Crippen molar-refractivity contribution < 1.29 is 4.42 Å². The van der Waals surface area contributed by atoms with Gasteiger partial charge in [-0.3, -0.25) is 0 Å². The minimum atomic E-state index is 0.617. The molecule has 1 saturated carbocycles. The van der Waals surface area contributed by atoms with Crippen molar-refractivity contribution in [2.45, 2.75) is 45.3 Å². The second-order valence-electron chi connectivity index (χ2n) is 5.64. The monoisotopic (exact) mass is 285 g/mol. The molecule has 2 heterocycles. The van der Waals surface area contributed by atoms with Crippen LogP contribution in [0.4, 0.5) is 5.82 Å². The quantitative estimate of drug-likeness (QED) is 0.755. The van der Waals surface area contributed by atoms with Crippen molar-refractivity contribution >= 4 is 5.82 Å². The van der Waals surface area contributed by atoms with Gasteiger partial charge in [-0.2, -0.15) is 0 Å². The smallest absolute Gasteiger partial charge is 0.129 e. The van der Waals surface area contributed by atoms with Gasteiger partial charge in [-0.25, -0.2) is 4.98 Å². The van der Waals surface area contributed by atoms with Crippen LogP contribution < -0.4 is 10.2 Å². The lowest BCUT2D eigenvalue weighted by molar-refractivity contribution is 0.500. The highest BCUT2D eigenvalue weighted by Crippen LogP contribution is 2.32. The van der Waals surface area contributed by atoms with E-state index in [4.69, 9.17) is 4.42 Å². The Bertz CT molecular complexity index is 532. The third-order valence-corrected chi connectivity index (χ3v) is 3.75. The highest BCUT2D eigenvalue weighted by atomic mass is 16.3. The normalized spacial score (nSPS) is 14.3. The molecule has 0 amide bonds. The van der Waals surface area contributed by atoms with E-state index in [0.29, 0.717) is 6.04 Å². The first-order valence-corrected chi connectivity index (χ1v) is 7.81. The van der Waals surface area contributed by atoms with Crippen LogP contribution >= 0.6 is 0 Å². The van der Waals surface area contributed by atoms with Gasteiger partial charge in [0.2, 0.25) is 0 Å². The van der Waals surface area contributed by atoms with Crippen LogP contribution in [0.3, 0.4) is 0 Å². The molecule has 21 heavy (non-hydrogen) atoms. The maximum absolute atomic E-state index is 5.47. The number of aromatic nitrogens is 1. The van der Waals surface area contributed by atoms with Gasteiger partial charge in [-0.1, -0.05) is 13.0 Å². The summed E-state index contributed by atoms with van der Waals surface area (Å²) in [5.41, 5.74) is 1.24. The molecular weight excluding hydrogens is 262 g/mol. The predicted molar refractivity (Wildman–Crippen MR) is 84.1 cm³/mol. The Labute approximate surface area is 126 Å². The van der Waals surface area contributed by atoms with Crippen molar-refractivity contribution in [3.8, 4) is 0 Å².